The minimum absolute atomic E-state index is 0.113. The van der Waals surface area contributed by atoms with E-state index in [1.807, 2.05) is 38.2 Å². The van der Waals surface area contributed by atoms with Crippen LogP contribution in [0.5, 0.6) is 0 Å². The molecule has 2 aromatic rings. The summed E-state index contributed by atoms with van der Waals surface area (Å²) in [5.41, 5.74) is 2.36. The van der Waals surface area contributed by atoms with Crippen molar-refractivity contribution in [3.05, 3.63) is 35.8 Å². The lowest BCUT2D eigenvalue weighted by Gasteiger charge is -2.26. The molecule has 1 aliphatic rings. The molecule has 2 aromatic heterocycles. The first-order chi connectivity index (χ1) is 9.60. The predicted octanol–water partition coefficient (Wildman–Crippen LogP) is 1.27. The Morgan fingerprint density at radius 3 is 3.15 bits per heavy atom. The second kappa shape index (κ2) is 5.16. The molecular weight excluding hydrogens is 254 g/mol. The lowest BCUT2D eigenvalue weighted by molar-refractivity contribution is -0.0263. The maximum atomic E-state index is 10.5. The number of ether oxygens (including phenoxy) is 1. The summed E-state index contributed by atoms with van der Waals surface area (Å²) in [6.45, 7) is 5.79. The lowest BCUT2D eigenvalue weighted by Crippen LogP contribution is -2.45. The monoisotopic (exact) mass is 275 g/mol. The quantitative estimate of drug-likeness (QED) is 0.882. The van der Waals surface area contributed by atoms with Gasteiger partial charge in [0.25, 0.3) is 0 Å². The molecule has 0 aliphatic carbocycles. The van der Waals surface area contributed by atoms with E-state index in [9.17, 15) is 5.11 Å². The highest BCUT2D eigenvalue weighted by Gasteiger charge is 2.39. The van der Waals surface area contributed by atoms with Gasteiger partial charge in [0.05, 0.1) is 17.5 Å². The molecule has 3 rings (SSSR count). The number of aliphatic hydroxyl groups is 1. The number of fused-ring (bicyclic) bond motifs is 1. The highest BCUT2D eigenvalue weighted by Crippen LogP contribution is 2.24. The van der Waals surface area contributed by atoms with E-state index in [4.69, 9.17) is 4.74 Å². The third-order valence-corrected chi connectivity index (χ3v) is 4.21. The van der Waals surface area contributed by atoms with Crippen LogP contribution in [0.2, 0.25) is 0 Å². The molecule has 1 saturated heterocycles. The average molecular weight is 275 g/mol. The zero-order valence-electron chi connectivity index (χ0n) is 12.0. The Balaban J connectivity index is 1.70. The molecule has 5 nitrogen and oxygen atoms in total. The summed E-state index contributed by atoms with van der Waals surface area (Å²) in [5, 5.41) is 13.8. The summed E-state index contributed by atoms with van der Waals surface area (Å²) in [7, 11) is 0. The number of hydrogen-bond acceptors (Lipinski definition) is 4. The fraction of sp³-hybridized carbons (Fsp3) is 0.533. The number of aromatic nitrogens is 2. The maximum absolute atomic E-state index is 10.5. The molecule has 0 radical (unpaired) electrons. The van der Waals surface area contributed by atoms with E-state index in [2.05, 4.69) is 14.7 Å². The van der Waals surface area contributed by atoms with Gasteiger partial charge in [-0.25, -0.2) is 4.98 Å². The van der Waals surface area contributed by atoms with E-state index in [1.54, 1.807) is 0 Å². The molecule has 20 heavy (non-hydrogen) atoms. The zero-order valence-corrected chi connectivity index (χ0v) is 12.0. The minimum Gasteiger partial charge on any atom is -0.386 e. The van der Waals surface area contributed by atoms with Gasteiger partial charge in [0.15, 0.2) is 0 Å². The van der Waals surface area contributed by atoms with Gasteiger partial charge < -0.3 is 19.6 Å². The van der Waals surface area contributed by atoms with Crippen molar-refractivity contribution in [1.29, 1.82) is 0 Å². The summed E-state index contributed by atoms with van der Waals surface area (Å²) in [6.07, 6.45) is 2.59. The number of hydrogen-bond donors (Lipinski definition) is 2. The van der Waals surface area contributed by atoms with Crippen LogP contribution in [0.15, 0.2) is 24.4 Å². The Morgan fingerprint density at radius 1 is 1.55 bits per heavy atom. The molecule has 3 heterocycles. The van der Waals surface area contributed by atoms with Gasteiger partial charge in [0, 0.05) is 32.3 Å². The minimum atomic E-state index is -0.756. The molecule has 108 valence electrons. The van der Waals surface area contributed by atoms with Crippen LogP contribution >= 0.6 is 0 Å². The van der Waals surface area contributed by atoms with Crippen LogP contribution in [-0.4, -0.2) is 39.3 Å². The van der Waals surface area contributed by atoms with E-state index in [0.29, 0.717) is 26.1 Å². The Morgan fingerprint density at radius 2 is 2.40 bits per heavy atom. The van der Waals surface area contributed by atoms with Gasteiger partial charge in [0.1, 0.15) is 11.2 Å². The van der Waals surface area contributed by atoms with E-state index in [1.165, 1.54) is 0 Å². The van der Waals surface area contributed by atoms with Crippen molar-refractivity contribution >= 4 is 5.65 Å². The Bertz CT molecular complexity index is 610. The largest absolute Gasteiger partial charge is 0.386 e. The van der Waals surface area contributed by atoms with E-state index < -0.39 is 5.60 Å². The molecule has 0 saturated carbocycles. The normalized spacial score (nSPS) is 26.4. The molecule has 2 N–H and O–H groups in total. The Kier molecular flexibility index (Phi) is 3.50. The van der Waals surface area contributed by atoms with Crippen LogP contribution in [0, 0.1) is 6.92 Å². The van der Waals surface area contributed by atoms with Gasteiger partial charge in [-0.15, -0.1) is 0 Å². The van der Waals surface area contributed by atoms with Gasteiger partial charge in [-0.3, -0.25) is 0 Å². The SMILES string of the molecule is Cc1nc2ccccn2c1CNCC1(O)CCOC1C. The van der Waals surface area contributed by atoms with Crippen LogP contribution in [-0.2, 0) is 11.3 Å². The van der Waals surface area contributed by atoms with Crippen molar-refractivity contribution in [2.75, 3.05) is 13.2 Å². The van der Waals surface area contributed by atoms with Gasteiger partial charge in [-0.2, -0.15) is 0 Å². The second-order valence-corrected chi connectivity index (χ2v) is 5.54. The molecule has 0 bridgehead atoms. The highest BCUT2D eigenvalue weighted by molar-refractivity contribution is 5.42. The van der Waals surface area contributed by atoms with Crippen LogP contribution in [0.4, 0.5) is 0 Å². The Hall–Kier alpha value is -1.43. The second-order valence-electron chi connectivity index (χ2n) is 5.54. The average Bonchev–Trinajstić information content (AvgIpc) is 2.92. The van der Waals surface area contributed by atoms with E-state index in [0.717, 1.165) is 17.0 Å². The van der Waals surface area contributed by atoms with Gasteiger partial charge in [0.2, 0.25) is 0 Å². The number of pyridine rings is 1. The molecule has 2 unspecified atom stereocenters. The first-order valence-electron chi connectivity index (χ1n) is 7.07. The molecule has 0 aromatic carbocycles. The van der Waals surface area contributed by atoms with Crippen molar-refractivity contribution in [1.82, 2.24) is 14.7 Å². The number of nitrogens with zero attached hydrogens (tertiary/aromatic N) is 2. The van der Waals surface area contributed by atoms with Crippen molar-refractivity contribution in [2.45, 2.75) is 38.5 Å². The molecule has 1 aliphatic heterocycles. The fourth-order valence-electron chi connectivity index (χ4n) is 2.78. The summed E-state index contributed by atoms with van der Waals surface area (Å²) >= 11 is 0. The third kappa shape index (κ3) is 2.32. The van der Waals surface area contributed by atoms with Crippen LogP contribution in [0.3, 0.4) is 0 Å². The standard InChI is InChI=1S/C15H21N3O2/c1-11-13(18-7-4-3-5-14(18)17-11)9-16-10-15(19)6-8-20-12(15)2/h3-5,7,12,16,19H,6,8-10H2,1-2H3. The van der Waals surface area contributed by atoms with E-state index in [-0.39, 0.29) is 6.10 Å². The van der Waals surface area contributed by atoms with Crippen molar-refractivity contribution in [2.24, 2.45) is 0 Å². The maximum Gasteiger partial charge on any atom is 0.137 e. The van der Waals surface area contributed by atoms with Gasteiger partial charge in [-0.1, -0.05) is 6.07 Å². The number of rotatable bonds is 4. The topological polar surface area (TPSA) is 58.8 Å². The number of imidazole rings is 1. The molecular formula is C15H21N3O2. The molecule has 2 atom stereocenters. The van der Waals surface area contributed by atoms with Crippen LogP contribution < -0.4 is 5.32 Å². The number of aryl methyl sites for hydroxylation is 1. The molecule has 0 spiro atoms. The summed E-state index contributed by atoms with van der Waals surface area (Å²) in [6, 6.07) is 5.98. The van der Waals surface area contributed by atoms with Crippen molar-refractivity contribution < 1.29 is 9.84 Å². The van der Waals surface area contributed by atoms with Crippen LogP contribution in [0.1, 0.15) is 24.7 Å². The zero-order chi connectivity index (χ0) is 14.2. The van der Waals surface area contributed by atoms with Gasteiger partial charge in [-0.05, 0) is 26.0 Å². The third-order valence-electron chi connectivity index (χ3n) is 4.21. The fourth-order valence-corrected chi connectivity index (χ4v) is 2.78. The predicted molar refractivity (Wildman–Crippen MR) is 76.6 cm³/mol. The number of nitrogens with one attached hydrogen (secondary N) is 1. The first kappa shape index (κ1) is 13.5. The highest BCUT2D eigenvalue weighted by atomic mass is 16.5. The summed E-state index contributed by atoms with van der Waals surface area (Å²) in [4.78, 5) is 4.53. The van der Waals surface area contributed by atoms with Crippen molar-refractivity contribution in [3.8, 4) is 0 Å². The molecule has 1 fully saturated rings. The van der Waals surface area contributed by atoms with Gasteiger partial charge >= 0.3 is 0 Å². The Labute approximate surface area is 118 Å². The van der Waals surface area contributed by atoms with E-state index >= 15 is 0 Å². The summed E-state index contributed by atoms with van der Waals surface area (Å²) < 4.78 is 7.53. The van der Waals surface area contributed by atoms with Crippen molar-refractivity contribution in [3.63, 3.8) is 0 Å². The van der Waals surface area contributed by atoms with Crippen LogP contribution in [0.25, 0.3) is 5.65 Å². The molecule has 5 heteroatoms. The smallest absolute Gasteiger partial charge is 0.137 e. The molecule has 0 amide bonds. The lowest BCUT2D eigenvalue weighted by atomic mass is 9.97. The first-order valence-corrected chi connectivity index (χ1v) is 7.07. The summed E-state index contributed by atoms with van der Waals surface area (Å²) in [5.74, 6) is 0.